The molecule has 0 bridgehead atoms. The van der Waals surface area contributed by atoms with Gasteiger partial charge in [0.25, 0.3) is 0 Å². The molecule has 0 saturated carbocycles. The van der Waals surface area contributed by atoms with Crippen LogP contribution in [-0.2, 0) is 0 Å². The van der Waals surface area contributed by atoms with Crippen molar-refractivity contribution in [2.45, 2.75) is 18.8 Å². The molecule has 1 aliphatic rings. The van der Waals surface area contributed by atoms with E-state index in [0.29, 0.717) is 4.88 Å². The molecule has 2 rings (SSSR count). The summed E-state index contributed by atoms with van der Waals surface area (Å²) in [6.07, 6.45) is 2.14. The first kappa shape index (κ1) is 9.61. The summed E-state index contributed by atoms with van der Waals surface area (Å²) < 4.78 is 0. The maximum Gasteiger partial charge on any atom is 0.347 e. The van der Waals surface area contributed by atoms with Gasteiger partial charge in [-0.3, -0.25) is 0 Å². The Hall–Kier alpha value is -0.940. The summed E-state index contributed by atoms with van der Waals surface area (Å²) in [7, 11) is 0. The summed E-state index contributed by atoms with van der Waals surface area (Å²) in [5.41, 5.74) is 2.38. The summed E-state index contributed by atoms with van der Waals surface area (Å²) in [6.45, 7) is 1.88. The molecule has 0 radical (unpaired) electrons. The molecule has 14 heavy (non-hydrogen) atoms. The number of hydrogen-bond acceptors (Lipinski definition) is 4. The van der Waals surface area contributed by atoms with Crippen LogP contribution in [0, 0.1) is 0 Å². The smallest absolute Gasteiger partial charge is 0.347 e. The lowest BCUT2D eigenvalue weighted by Gasteiger charge is -2.21. The van der Waals surface area contributed by atoms with Gasteiger partial charge >= 0.3 is 5.97 Å². The van der Waals surface area contributed by atoms with Crippen molar-refractivity contribution in [3.05, 3.63) is 16.1 Å². The highest BCUT2D eigenvalue weighted by Gasteiger charge is 2.23. The maximum atomic E-state index is 10.9. The zero-order valence-corrected chi connectivity index (χ0v) is 8.51. The van der Waals surface area contributed by atoms with Gasteiger partial charge in [-0.15, -0.1) is 11.3 Å². The second kappa shape index (κ2) is 4.06. The number of aromatic nitrogens is 1. The molecule has 1 fully saturated rings. The van der Waals surface area contributed by atoms with Gasteiger partial charge in [-0.2, -0.15) is 0 Å². The lowest BCUT2D eigenvalue weighted by molar-refractivity contribution is 0.0700. The molecule has 1 unspecified atom stereocenters. The van der Waals surface area contributed by atoms with Gasteiger partial charge in [0.2, 0.25) is 0 Å². The van der Waals surface area contributed by atoms with E-state index in [1.54, 1.807) is 5.51 Å². The SMILES string of the molecule is O=C(O)c1scnc1C1CCCNC1. The van der Waals surface area contributed by atoms with Gasteiger partial charge in [-0.1, -0.05) is 0 Å². The molecule has 1 atom stereocenters. The Morgan fingerprint density at radius 2 is 2.57 bits per heavy atom. The zero-order chi connectivity index (χ0) is 9.97. The Morgan fingerprint density at radius 1 is 1.71 bits per heavy atom. The fraction of sp³-hybridized carbons (Fsp3) is 0.556. The van der Waals surface area contributed by atoms with Crippen molar-refractivity contribution in [1.82, 2.24) is 10.3 Å². The molecule has 0 aromatic carbocycles. The number of nitrogens with one attached hydrogen (secondary N) is 1. The van der Waals surface area contributed by atoms with Gasteiger partial charge in [0.15, 0.2) is 0 Å². The van der Waals surface area contributed by atoms with E-state index in [0.717, 1.165) is 31.6 Å². The summed E-state index contributed by atoms with van der Waals surface area (Å²) in [5.74, 6) is -0.575. The Bertz CT molecular complexity index is 331. The van der Waals surface area contributed by atoms with E-state index in [1.807, 2.05) is 0 Å². The number of thiazole rings is 1. The zero-order valence-electron chi connectivity index (χ0n) is 7.69. The lowest BCUT2D eigenvalue weighted by Crippen LogP contribution is -2.29. The molecule has 2 N–H and O–H groups in total. The van der Waals surface area contributed by atoms with Gasteiger partial charge in [0.1, 0.15) is 4.88 Å². The number of carboxylic acids is 1. The minimum absolute atomic E-state index is 0.279. The van der Waals surface area contributed by atoms with Crippen molar-refractivity contribution in [3.8, 4) is 0 Å². The monoisotopic (exact) mass is 212 g/mol. The number of nitrogens with zero attached hydrogens (tertiary/aromatic N) is 1. The fourth-order valence-electron chi connectivity index (χ4n) is 1.79. The van der Waals surface area contributed by atoms with Gasteiger partial charge in [0, 0.05) is 12.5 Å². The topological polar surface area (TPSA) is 62.2 Å². The predicted molar refractivity (Wildman–Crippen MR) is 53.9 cm³/mol. The van der Waals surface area contributed by atoms with Gasteiger partial charge in [-0.25, -0.2) is 9.78 Å². The molecule has 0 spiro atoms. The molecule has 4 nitrogen and oxygen atoms in total. The summed E-state index contributed by atoms with van der Waals surface area (Å²) in [5, 5.41) is 12.2. The number of carboxylic acid groups (broad SMARTS) is 1. The summed E-state index contributed by atoms with van der Waals surface area (Å²) in [6, 6.07) is 0. The number of aromatic carboxylic acids is 1. The molecule has 1 saturated heterocycles. The highest BCUT2D eigenvalue weighted by molar-refractivity contribution is 7.11. The van der Waals surface area contributed by atoms with E-state index in [2.05, 4.69) is 10.3 Å². The first-order valence-corrected chi connectivity index (χ1v) is 5.54. The van der Waals surface area contributed by atoms with Crippen LogP contribution in [0.1, 0.15) is 34.1 Å². The normalized spacial score (nSPS) is 22.1. The van der Waals surface area contributed by atoms with Crippen molar-refractivity contribution in [2.24, 2.45) is 0 Å². The highest BCUT2D eigenvalue weighted by atomic mass is 32.1. The molecular weight excluding hydrogens is 200 g/mol. The van der Waals surface area contributed by atoms with Crippen molar-refractivity contribution >= 4 is 17.3 Å². The second-order valence-corrected chi connectivity index (χ2v) is 4.27. The van der Waals surface area contributed by atoms with Crippen LogP contribution in [0.2, 0.25) is 0 Å². The minimum atomic E-state index is -0.854. The van der Waals surface area contributed by atoms with Gasteiger partial charge < -0.3 is 10.4 Å². The number of piperidine rings is 1. The van der Waals surface area contributed by atoms with E-state index >= 15 is 0 Å². The number of rotatable bonds is 2. The van der Waals surface area contributed by atoms with E-state index in [-0.39, 0.29) is 5.92 Å². The Labute approximate surface area is 86.0 Å². The number of carbonyl (C=O) groups is 1. The van der Waals surface area contributed by atoms with Gasteiger partial charge in [0.05, 0.1) is 11.2 Å². The second-order valence-electron chi connectivity index (χ2n) is 3.42. The fourth-order valence-corrected chi connectivity index (χ4v) is 2.50. The average molecular weight is 212 g/mol. The van der Waals surface area contributed by atoms with E-state index in [4.69, 9.17) is 5.11 Å². The third-order valence-electron chi connectivity index (χ3n) is 2.47. The van der Waals surface area contributed by atoms with Gasteiger partial charge in [-0.05, 0) is 19.4 Å². The quantitative estimate of drug-likeness (QED) is 0.776. The average Bonchev–Trinajstić information content (AvgIpc) is 2.67. The molecule has 2 heterocycles. The Balaban J connectivity index is 2.21. The van der Waals surface area contributed by atoms with E-state index in [9.17, 15) is 4.79 Å². The molecule has 76 valence electrons. The summed E-state index contributed by atoms with van der Waals surface area (Å²) in [4.78, 5) is 15.4. The van der Waals surface area contributed by atoms with E-state index in [1.165, 1.54) is 11.3 Å². The van der Waals surface area contributed by atoms with Crippen LogP contribution in [0.25, 0.3) is 0 Å². The molecular formula is C9H12N2O2S. The van der Waals surface area contributed by atoms with Crippen molar-refractivity contribution in [3.63, 3.8) is 0 Å². The predicted octanol–water partition coefficient (Wildman–Crippen LogP) is 1.31. The molecule has 1 aliphatic heterocycles. The Kier molecular flexibility index (Phi) is 2.79. The van der Waals surface area contributed by atoms with Crippen LogP contribution in [0.4, 0.5) is 0 Å². The van der Waals surface area contributed by atoms with Crippen molar-refractivity contribution < 1.29 is 9.90 Å². The highest BCUT2D eigenvalue weighted by Crippen LogP contribution is 2.27. The standard InChI is InChI=1S/C9H12N2O2S/c12-9(13)8-7(11-5-14-8)6-2-1-3-10-4-6/h5-6,10H,1-4H2,(H,12,13). The summed E-state index contributed by atoms with van der Waals surface area (Å²) >= 11 is 1.21. The molecule has 0 amide bonds. The van der Waals surface area contributed by atoms with Crippen LogP contribution in [0.15, 0.2) is 5.51 Å². The third kappa shape index (κ3) is 1.78. The third-order valence-corrected chi connectivity index (χ3v) is 3.30. The van der Waals surface area contributed by atoms with Crippen LogP contribution >= 0.6 is 11.3 Å². The van der Waals surface area contributed by atoms with Crippen LogP contribution < -0.4 is 5.32 Å². The van der Waals surface area contributed by atoms with E-state index < -0.39 is 5.97 Å². The number of hydrogen-bond donors (Lipinski definition) is 2. The first-order valence-electron chi connectivity index (χ1n) is 4.66. The van der Waals surface area contributed by atoms with Crippen LogP contribution in [0.5, 0.6) is 0 Å². The van der Waals surface area contributed by atoms with Crippen molar-refractivity contribution in [1.29, 1.82) is 0 Å². The Morgan fingerprint density at radius 3 is 3.21 bits per heavy atom. The minimum Gasteiger partial charge on any atom is -0.477 e. The molecule has 1 aromatic rings. The molecule has 5 heteroatoms. The molecule has 0 aliphatic carbocycles. The lowest BCUT2D eigenvalue weighted by atomic mass is 9.95. The first-order chi connectivity index (χ1) is 6.79. The van der Waals surface area contributed by atoms with Crippen LogP contribution in [-0.4, -0.2) is 29.1 Å². The molecule has 1 aromatic heterocycles. The van der Waals surface area contributed by atoms with Crippen LogP contribution in [0.3, 0.4) is 0 Å². The van der Waals surface area contributed by atoms with Crippen molar-refractivity contribution in [2.75, 3.05) is 13.1 Å². The largest absolute Gasteiger partial charge is 0.477 e. The maximum absolute atomic E-state index is 10.9.